The average molecular weight is 496 g/mol. The lowest BCUT2D eigenvalue weighted by Crippen LogP contribution is -2.39. The molecule has 0 fully saturated rings. The first kappa shape index (κ1) is 24.1. The van der Waals surface area contributed by atoms with Crippen LogP contribution in [0, 0.1) is 0 Å². The third kappa shape index (κ3) is 4.70. The van der Waals surface area contributed by atoms with Crippen molar-refractivity contribution in [3.63, 3.8) is 0 Å². The lowest BCUT2D eigenvalue weighted by molar-refractivity contribution is 0.408. The summed E-state index contributed by atoms with van der Waals surface area (Å²) in [6.45, 7) is 0.910. The van der Waals surface area contributed by atoms with Gasteiger partial charge in [0.05, 0.1) is 13.2 Å². The topological polar surface area (TPSA) is 12.5 Å². The van der Waals surface area contributed by atoms with Crippen LogP contribution in [-0.2, 0) is 18.3 Å². The van der Waals surface area contributed by atoms with Crippen LogP contribution in [0.15, 0.2) is 140 Å². The summed E-state index contributed by atoms with van der Waals surface area (Å²) in [5.74, 6) is 0.909. The van der Waals surface area contributed by atoms with Gasteiger partial charge in [0.25, 0.3) is 0 Å². The minimum absolute atomic E-state index is 0.109. The lowest BCUT2D eigenvalue weighted by Gasteiger charge is -2.35. The normalized spacial score (nSPS) is 13.9. The van der Waals surface area contributed by atoms with E-state index >= 15 is 0 Å². The number of rotatable bonds is 8. The Balaban J connectivity index is 1.54. The Morgan fingerprint density at radius 3 is 1.58 bits per heavy atom. The third-order valence-electron chi connectivity index (χ3n) is 7.87. The molecule has 0 saturated heterocycles. The van der Waals surface area contributed by atoms with Crippen molar-refractivity contribution in [2.24, 2.45) is 0 Å². The summed E-state index contributed by atoms with van der Waals surface area (Å²) in [6.07, 6.45) is 1.91. The molecular formula is C36H33NO. The van der Waals surface area contributed by atoms with E-state index in [2.05, 4.69) is 144 Å². The highest BCUT2D eigenvalue weighted by molar-refractivity contribution is 5.68. The first-order chi connectivity index (χ1) is 18.8. The summed E-state index contributed by atoms with van der Waals surface area (Å²) in [7, 11) is 1.77. The number of hydrogen-bond donors (Lipinski definition) is 0. The van der Waals surface area contributed by atoms with E-state index in [0.29, 0.717) is 0 Å². The number of anilines is 1. The summed E-state index contributed by atoms with van der Waals surface area (Å²) in [6, 6.07) is 50.5. The molecule has 0 aliphatic carbocycles. The Morgan fingerprint density at radius 2 is 1.11 bits per heavy atom. The number of fused-ring (bicyclic) bond motifs is 1. The van der Waals surface area contributed by atoms with E-state index < -0.39 is 0 Å². The molecule has 1 aliphatic rings. The van der Waals surface area contributed by atoms with E-state index in [9.17, 15) is 0 Å². The van der Waals surface area contributed by atoms with Crippen LogP contribution in [0.25, 0.3) is 0 Å². The predicted molar refractivity (Wildman–Crippen MR) is 157 cm³/mol. The molecule has 1 aliphatic heterocycles. The van der Waals surface area contributed by atoms with Crippen molar-refractivity contribution in [1.29, 1.82) is 0 Å². The quantitative estimate of drug-likeness (QED) is 0.216. The van der Waals surface area contributed by atoms with Crippen molar-refractivity contribution in [2.75, 3.05) is 18.6 Å². The van der Waals surface area contributed by atoms with Gasteiger partial charge in [-0.3, -0.25) is 0 Å². The fraction of sp³-hybridized carbons (Fsp3) is 0.167. The number of ether oxygens (including phenoxy) is 1. The van der Waals surface area contributed by atoms with Crippen LogP contribution >= 0.6 is 0 Å². The highest BCUT2D eigenvalue weighted by atomic mass is 16.5. The van der Waals surface area contributed by atoms with Gasteiger partial charge in [-0.15, -0.1) is 0 Å². The summed E-state index contributed by atoms with van der Waals surface area (Å²) >= 11 is 0. The van der Waals surface area contributed by atoms with Crippen molar-refractivity contribution in [3.05, 3.63) is 167 Å². The van der Waals surface area contributed by atoms with E-state index in [1.807, 2.05) is 0 Å². The van der Waals surface area contributed by atoms with Gasteiger partial charge >= 0.3 is 0 Å². The van der Waals surface area contributed by atoms with Gasteiger partial charge < -0.3 is 9.64 Å². The Morgan fingerprint density at radius 1 is 0.632 bits per heavy atom. The first-order valence-electron chi connectivity index (χ1n) is 13.4. The molecule has 1 heterocycles. The number of nitrogens with zero attached hydrogens (tertiary/aromatic N) is 1. The zero-order valence-electron chi connectivity index (χ0n) is 21.8. The molecule has 0 amide bonds. The summed E-state index contributed by atoms with van der Waals surface area (Å²) < 4.78 is 5.78. The van der Waals surface area contributed by atoms with Crippen LogP contribution in [0.1, 0.15) is 33.9 Å². The Bertz CT molecular complexity index is 1380. The SMILES string of the molecule is COc1ccc2c(c1)C(Cc1ccccc1)(Cc1ccccc1)CN2C(c1ccccc1)c1ccccc1. The molecule has 0 N–H and O–H groups in total. The highest BCUT2D eigenvalue weighted by Crippen LogP contribution is 2.50. The second-order valence-electron chi connectivity index (χ2n) is 10.3. The van der Waals surface area contributed by atoms with Gasteiger partial charge in [-0.1, -0.05) is 121 Å². The average Bonchev–Trinajstić information content (AvgIpc) is 3.27. The third-order valence-corrected chi connectivity index (χ3v) is 7.87. The molecule has 2 nitrogen and oxygen atoms in total. The van der Waals surface area contributed by atoms with Crippen molar-refractivity contribution in [1.82, 2.24) is 0 Å². The molecule has 0 unspecified atom stereocenters. The van der Waals surface area contributed by atoms with Gasteiger partial charge in [0, 0.05) is 17.6 Å². The maximum Gasteiger partial charge on any atom is 0.119 e. The molecule has 0 radical (unpaired) electrons. The molecule has 0 bridgehead atoms. The lowest BCUT2D eigenvalue weighted by atomic mass is 9.72. The van der Waals surface area contributed by atoms with E-state index in [0.717, 1.165) is 25.1 Å². The Kier molecular flexibility index (Phi) is 6.71. The van der Waals surface area contributed by atoms with Crippen LogP contribution < -0.4 is 9.64 Å². The minimum Gasteiger partial charge on any atom is -0.497 e. The Labute approximate surface area is 226 Å². The number of benzene rings is 5. The highest BCUT2D eigenvalue weighted by Gasteiger charge is 2.45. The van der Waals surface area contributed by atoms with Crippen molar-refractivity contribution < 1.29 is 4.74 Å². The first-order valence-corrected chi connectivity index (χ1v) is 13.4. The monoisotopic (exact) mass is 495 g/mol. The minimum atomic E-state index is -0.117. The zero-order chi connectivity index (χ0) is 25.8. The van der Waals surface area contributed by atoms with E-state index in [1.54, 1.807) is 7.11 Å². The fourth-order valence-electron chi connectivity index (χ4n) is 6.21. The fourth-order valence-corrected chi connectivity index (χ4v) is 6.21. The second kappa shape index (κ2) is 10.6. The maximum atomic E-state index is 5.78. The van der Waals surface area contributed by atoms with E-state index in [-0.39, 0.29) is 11.5 Å². The van der Waals surface area contributed by atoms with E-state index in [1.165, 1.54) is 33.5 Å². The predicted octanol–water partition coefficient (Wildman–Crippen LogP) is 8.03. The van der Waals surface area contributed by atoms with Gasteiger partial charge in [-0.05, 0) is 58.9 Å². The molecule has 0 aromatic heterocycles. The summed E-state index contributed by atoms with van der Waals surface area (Å²) in [5.41, 5.74) is 7.85. The van der Waals surface area contributed by atoms with Crippen LogP contribution in [0.2, 0.25) is 0 Å². The largest absolute Gasteiger partial charge is 0.497 e. The standard InChI is InChI=1S/C36H33NO/c1-38-32-22-23-34-33(24-32)36(25-28-14-6-2-7-15-28,26-29-16-8-3-9-17-29)27-37(34)35(30-18-10-4-11-19-30)31-20-12-5-13-21-31/h2-24,35H,25-27H2,1H3. The molecule has 5 aromatic carbocycles. The van der Waals surface area contributed by atoms with Gasteiger partial charge in [0.1, 0.15) is 5.75 Å². The Hall–Kier alpha value is -4.30. The number of methoxy groups -OCH3 is 1. The molecular weight excluding hydrogens is 462 g/mol. The molecule has 5 aromatic rings. The molecule has 0 spiro atoms. The maximum absolute atomic E-state index is 5.78. The second-order valence-corrected chi connectivity index (χ2v) is 10.3. The van der Waals surface area contributed by atoms with Crippen LogP contribution in [0.3, 0.4) is 0 Å². The van der Waals surface area contributed by atoms with E-state index in [4.69, 9.17) is 4.74 Å². The van der Waals surface area contributed by atoms with Crippen LogP contribution in [0.4, 0.5) is 5.69 Å². The number of hydrogen-bond acceptors (Lipinski definition) is 2. The molecule has 2 heteroatoms. The molecule has 0 saturated carbocycles. The van der Waals surface area contributed by atoms with Crippen molar-refractivity contribution in [3.8, 4) is 5.75 Å². The molecule has 38 heavy (non-hydrogen) atoms. The zero-order valence-corrected chi connectivity index (χ0v) is 21.8. The molecule has 6 rings (SSSR count). The van der Waals surface area contributed by atoms with Gasteiger partial charge in [0.15, 0.2) is 0 Å². The summed E-state index contributed by atoms with van der Waals surface area (Å²) in [4.78, 5) is 2.63. The van der Waals surface area contributed by atoms with Gasteiger partial charge in [0.2, 0.25) is 0 Å². The van der Waals surface area contributed by atoms with Crippen LogP contribution in [0.5, 0.6) is 5.75 Å². The van der Waals surface area contributed by atoms with Crippen LogP contribution in [-0.4, -0.2) is 13.7 Å². The van der Waals surface area contributed by atoms with Gasteiger partial charge in [-0.25, -0.2) is 0 Å². The molecule has 0 atom stereocenters. The van der Waals surface area contributed by atoms with Crippen molar-refractivity contribution in [2.45, 2.75) is 24.3 Å². The van der Waals surface area contributed by atoms with Gasteiger partial charge in [-0.2, -0.15) is 0 Å². The smallest absolute Gasteiger partial charge is 0.119 e. The van der Waals surface area contributed by atoms with Crippen molar-refractivity contribution >= 4 is 5.69 Å². The molecule has 188 valence electrons. The summed E-state index contributed by atoms with van der Waals surface area (Å²) in [5, 5.41) is 0.